The third kappa shape index (κ3) is 7.69. The Labute approximate surface area is 175 Å². The molecule has 0 bridgehead atoms. The zero-order valence-corrected chi connectivity index (χ0v) is 18.0. The standard InChI is InChI=1S/C23H37N5O/c1-3-24-23(26-13-12-25-22(29)21-8-9-21)27-16-19-4-6-20(7-5-19)17-28-14-10-18(2)11-15-28/h4-7,18,21H,3,8-17H2,1-2H3,(H,25,29)(H2,24,26,27). The van der Waals surface area contributed by atoms with Crippen molar-refractivity contribution in [2.75, 3.05) is 32.7 Å². The number of likely N-dealkylation sites (tertiary alicyclic amines) is 1. The molecular weight excluding hydrogens is 362 g/mol. The van der Waals surface area contributed by atoms with Crippen molar-refractivity contribution in [3.8, 4) is 0 Å². The van der Waals surface area contributed by atoms with E-state index in [-0.39, 0.29) is 11.8 Å². The maximum atomic E-state index is 11.7. The highest BCUT2D eigenvalue weighted by molar-refractivity contribution is 5.81. The van der Waals surface area contributed by atoms with Crippen molar-refractivity contribution in [1.29, 1.82) is 0 Å². The average molecular weight is 400 g/mol. The van der Waals surface area contributed by atoms with Crippen LogP contribution in [0.4, 0.5) is 0 Å². The molecule has 6 nitrogen and oxygen atoms in total. The fraction of sp³-hybridized carbons (Fsp3) is 0.652. The summed E-state index contributed by atoms with van der Waals surface area (Å²) in [7, 11) is 0. The lowest BCUT2D eigenvalue weighted by Crippen LogP contribution is -2.41. The molecular formula is C23H37N5O. The number of nitrogens with zero attached hydrogens (tertiary/aromatic N) is 2. The Morgan fingerprint density at radius 1 is 1.00 bits per heavy atom. The Balaban J connectivity index is 1.41. The Hall–Kier alpha value is -2.08. The lowest BCUT2D eigenvalue weighted by atomic mass is 9.99. The first kappa shape index (κ1) is 21.6. The van der Waals surface area contributed by atoms with E-state index in [1.807, 2.05) is 0 Å². The van der Waals surface area contributed by atoms with Gasteiger partial charge in [-0.25, -0.2) is 4.99 Å². The van der Waals surface area contributed by atoms with Crippen molar-refractivity contribution < 1.29 is 4.79 Å². The molecule has 1 heterocycles. The number of hydrogen-bond donors (Lipinski definition) is 3. The van der Waals surface area contributed by atoms with Gasteiger partial charge in [0.25, 0.3) is 0 Å². The van der Waals surface area contributed by atoms with Crippen LogP contribution in [0.25, 0.3) is 0 Å². The van der Waals surface area contributed by atoms with Crippen LogP contribution in [0.5, 0.6) is 0 Å². The Kier molecular flexibility index (Phi) is 8.35. The first-order valence-corrected chi connectivity index (χ1v) is 11.2. The highest BCUT2D eigenvalue weighted by atomic mass is 16.2. The van der Waals surface area contributed by atoms with Crippen LogP contribution in [0, 0.1) is 11.8 Å². The Morgan fingerprint density at radius 2 is 1.66 bits per heavy atom. The van der Waals surface area contributed by atoms with Crippen molar-refractivity contribution in [1.82, 2.24) is 20.9 Å². The number of piperidine rings is 1. The summed E-state index contributed by atoms with van der Waals surface area (Å²) >= 11 is 0. The lowest BCUT2D eigenvalue weighted by molar-refractivity contribution is -0.122. The number of aliphatic imine (C=N–C) groups is 1. The van der Waals surface area contributed by atoms with Crippen LogP contribution in [-0.4, -0.2) is 49.5 Å². The first-order chi connectivity index (χ1) is 14.1. The molecule has 2 aliphatic rings. The molecule has 0 spiro atoms. The van der Waals surface area contributed by atoms with E-state index in [0.717, 1.165) is 37.8 Å². The van der Waals surface area contributed by atoms with Gasteiger partial charge in [0, 0.05) is 32.1 Å². The molecule has 1 saturated carbocycles. The first-order valence-electron chi connectivity index (χ1n) is 11.2. The zero-order chi connectivity index (χ0) is 20.5. The minimum atomic E-state index is 0.188. The molecule has 1 aliphatic carbocycles. The van der Waals surface area contributed by atoms with Gasteiger partial charge in [0.2, 0.25) is 5.91 Å². The minimum Gasteiger partial charge on any atom is -0.357 e. The van der Waals surface area contributed by atoms with Gasteiger partial charge in [-0.05, 0) is 62.7 Å². The largest absolute Gasteiger partial charge is 0.357 e. The number of carbonyl (C=O) groups excluding carboxylic acids is 1. The number of carbonyl (C=O) groups is 1. The zero-order valence-electron chi connectivity index (χ0n) is 18.0. The summed E-state index contributed by atoms with van der Waals surface area (Å²) in [6, 6.07) is 8.84. The van der Waals surface area contributed by atoms with Crippen molar-refractivity contribution in [3.63, 3.8) is 0 Å². The number of hydrogen-bond acceptors (Lipinski definition) is 3. The second-order valence-corrected chi connectivity index (χ2v) is 8.46. The molecule has 1 aromatic carbocycles. The van der Waals surface area contributed by atoms with E-state index in [1.165, 1.54) is 37.1 Å². The third-order valence-corrected chi connectivity index (χ3v) is 5.73. The van der Waals surface area contributed by atoms with Crippen LogP contribution in [0.3, 0.4) is 0 Å². The number of amides is 1. The predicted octanol–water partition coefficient (Wildman–Crippen LogP) is 2.50. The highest BCUT2D eigenvalue weighted by Crippen LogP contribution is 2.28. The molecule has 29 heavy (non-hydrogen) atoms. The predicted molar refractivity (Wildman–Crippen MR) is 119 cm³/mol. The molecule has 1 aromatic rings. The fourth-order valence-electron chi connectivity index (χ4n) is 3.60. The summed E-state index contributed by atoms with van der Waals surface area (Å²) in [4.78, 5) is 18.9. The molecule has 0 unspecified atom stereocenters. The van der Waals surface area contributed by atoms with Gasteiger partial charge in [-0.1, -0.05) is 31.2 Å². The van der Waals surface area contributed by atoms with Gasteiger partial charge >= 0.3 is 0 Å². The molecule has 1 saturated heterocycles. The van der Waals surface area contributed by atoms with Crippen LogP contribution in [0.1, 0.15) is 50.7 Å². The number of rotatable bonds is 9. The summed E-state index contributed by atoms with van der Waals surface area (Å²) < 4.78 is 0. The molecule has 0 atom stereocenters. The van der Waals surface area contributed by atoms with E-state index in [1.54, 1.807) is 0 Å². The Morgan fingerprint density at radius 3 is 2.31 bits per heavy atom. The van der Waals surface area contributed by atoms with Gasteiger partial charge in [-0.2, -0.15) is 0 Å². The van der Waals surface area contributed by atoms with Gasteiger partial charge in [0.15, 0.2) is 5.96 Å². The Bertz CT molecular complexity index is 660. The van der Waals surface area contributed by atoms with Gasteiger partial charge in [-0.3, -0.25) is 9.69 Å². The molecule has 0 aromatic heterocycles. The molecule has 160 valence electrons. The van der Waals surface area contributed by atoms with E-state index in [9.17, 15) is 4.79 Å². The van der Waals surface area contributed by atoms with Crippen molar-refractivity contribution in [3.05, 3.63) is 35.4 Å². The second-order valence-electron chi connectivity index (χ2n) is 8.46. The second kappa shape index (κ2) is 11.2. The highest BCUT2D eigenvalue weighted by Gasteiger charge is 2.28. The third-order valence-electron chi connectivity index (χ3n) is 5.73. The molecule has 3 N–H and O–H groups in total. The monoisotopic (exact) mass is 399 g/mol. The van der Waals surface area contributed by atoms with Crippen molar-refractivity contribution in [2.24, 2.45) is 16.8 Å². The number of guanidine groups is 1. The maximum absolute atomic E-state index is 11.7. The summed E-state index contributed by atoms with van der Waals surface area (Å²) in [5.41, 5.74) is 2.59. The fourth-order valence-corrected chi connectivity index (χ4v) is 3.60. The summed E-state index contributed by atoms with van der Waals surface area (Å²) in [6.07, 6.45) is 4.72. The van der Waals surface area contributed by atoms with Crippen LogP contribution < -0.4 is 16.0 Å². The molecule has 1 amide bonds. The minimum absolute atomic E-state index is 0.188. The van der Waals surface area contributed by atoms with Gasteiger partial charge in [-0.15, -0.1) is 0 Å². The normalized spacial score (nSPS) is 18.5. The van der Waals surface area contributed by atoms with E-state index in [4.69, 9.17) is 0 Å². The van der Waals surface area contributed by atoms with Crippen LogP contribution in [-0.2, 0) is 17.9 Å². The topological polar surface area (TPSA) is 68.8 Å². The summed E-state index contributed by atoms with van der Waals surface area (Å²) in [5.74, 6) is 2.12. The van der Waals surface area contributed by atoms with Gasteiger partial charge < -0.3 is 16.0 Å². The van der Waals surface area contributed by atoms with E-state index >= 15 is 0 Å². The molecule has 6 heteroatoms. The number of benzene rings is 1. The van der Waals surface area contributed by atoms with E-state index in [0.29, 0.717) is 19.6 Å². The average Bonchev–Trinajstić information content (AvgIpc) is 3.57. The quantitative estimate of drug-likeness (QED) is 0.339. The molecule has 1 aliphatic heterocycles. The van der Waals surface area contributed by atoms with Gasteiger partial charge in [0.1, 0.15) is 0 Å². The maximum Gasteiger partial charge on any atom is 0.223 e. The number of nitrogens with one attached hydrogen (secondary N) is 3. The molecule has 0 radical (unpaired) electrons. The summed E-state index contributed by atoms with van der Waals surface area (Å²) in [6.45, 7) is 10.7. The molecule has 2 fully saturated rings. The van der Waals surface area contributed by atoms with Crippen LogP contribution in [0.2, 0.25) is 0 Å². The van der Waals surface area contributed by atoms with Crippen LogP contribution in [0.15, 0.2) is 29.3 Å². The van der Waals surface area contributed by atoms with Crippen molar-refractivity contribution >= 4 is 11.9 Å². The van der Waals surface area contributed by atoms with Crippen molar-refractivity contribution in [2.45, 2.75) is 52.6 Å². The van der Waals surface area contributed by atoms with Crippen LogP contribution >= 0.6 is 0 Å². The van der Waals surface area contributed by atoms with Gasteiger partial charge in [0.05, 0.1) is 6.54 Å². The van der Waals surface area contributed by atoms with E-state index < -0.39 is 0 Å². The smallest absolute Gasteiger partial charge is 0.223 e. The summed E-state index contributed by atoms with van der Waals surface area (Å²) in [5, 5.41) is 9.53. The SMILES string of the molecule is CCNC(=NCc1ccc(CN2CCC(C)CC2)cc1)NCCNC(=O)C1CC1. The van der Waals surface area contributed by atoms with E-state index in [2.05, 4.69) is 64.0 Å². The lowest BCUT2D eigenvalue weighted by Gasteiger charge is -2.30. The molecule has 3 rings (SSSR count).